The quantitative estimate of drug-likeness (QED) is 0.511. The predicted molar refractivity (Wildman–Crippen MR) is 154 cm³/mol. The zero-order valence-electron chi connectivity index (χ0n) is 24.1. The molecule has 2 aliphatic rings. The maximum Gasteiger partial charge on any atom is 0.410 e. The zero-order chi connectivity index (χ0) is 29.0. The Bertz CT molecular complexity index is 1270. The smallest absolute Gasteiger partial charge is 0.410 e. The molecule has 2 aromatic rings. The third-order valence-electron chi connectivity index (χ3n) is 6.64. The first-order chi connectivity index (χ1) is 18.9. The molecule has 2 aliphatic heterocycles. The summed E-state index contributed by atoms with van der Waals surface area (Å²) in [4.78, 5) is 39.8. The van der Waals surface area contributed by atoms with E-state index in [9.17, 15) is 9.18 Å². The number of piperazine rings is 1. The van der Waals surface area contributed by atoms with Gasteiger partial charge in [0.15, 0.2) is 17.5 Å². The number of rotatable bonds is 6. The molecular formula is C27H39FN10O2. The number of nitrogens with one attached hydrogen (secondary N) is 1. The van der Waals surface area contributed by atoms with Gasteiger partial charge in [-0.15, -0.1) is 0 Å². The van der Waals surface area contributed by atoms with Crippen LogP contribution in [0.1, 0.15) is 41.0 Å². The minimum Gasteiger partial charge on any atom is -0.444 e. The molecule has 0 spiro atoms. The van der Waals surface area contributed by atoms with E-state index >= 15 is 0 Å². The lowest BCUT2D eigenvalue weighted by molar-refractivity contribution is 0.0240. The van der Waals surface area contributed by atoms with Gasteiger partial charge in [0.05, 0.1) is 18.6 Å². The molecule has 0 bridgehead atoms. The number of aromatic nitrogens is 4. The highest BCUT2D eigenvalue weighted by molar-refractivity contribution is 6.03. The van der Waals surface area contributed by atoms with Gasteiger partial charge in [-0.05, 0) is 26.7 Å². The third-order valence-corrected chi connectivity index (χ3v) is 6.64. The topological polar surface area (TPSA) is 138 Å². The average molecular weight is 555 g/mol. The molecule has 216 valence electrons. The number of hydrogen-bond donors (Lipinski definition) is 2. The van der Waals surface area contributed by atoms with E-state index < -0.39 is 11.4 Å². The summed E-state index contributed by atoms with van der Waals surface area (Å²) in [6.45, 7) is 12.9. The third kappa shape index (κ3) is 6.93. The Hall–Kier alpha value is -4.03. The number of anilines is 4. The molecule has 1 saturated heterocycles. The Morgan fingerprint density at radius 2 is 1.80 bits per heavy atom. The lowest BCUT2D eigenvalue weighted by atomic mass is 9.94. The summed E-state index contributed by atoms with van der Waals surface area (Å²) in [5.74, 6) is 1.20. The summed E-state index contributed by atoms with van der Waals surface area (Å²) in [6.07, 6.45) is 4.66. The molecule has 12 nitrogen and oxygen atoms in total. The van der Waals surface area contributed by atoms with E-state index in [2.05, 4.69) is 49.0 Å². The molecule has 0 aromatic carbocycles. The standard InChI is InChI=1S/C27H39FN10O2/c1-17(2)23(30-6)18-16-38(8-7-20(18)29)24-19(28)13-33-25(35-24)34-21-14-32-22(15-31-21)36-9-11-37(12-10-36)26(39)40-27(3,4)5/h13-15,17H,7-12,16,29H2,1-6H3,(H,31,33,34,35). The first-order valence-corrected chi connectivity index (χ1v) is 13.5. The molecule has 4 rings (SSSR count). The van der Waals surface area contributed by atoms with E-state index in [0.29, 0.717) is 57.3 Å². The average Bonchev–Trinajstić information content (AvgIpc) is 2.91. The first-order valence-electron chi connectivity index (χ1n) is 13.5. The molecule has 1 fully saturated rings. The summed E-state index contributed by atoms with van der Waals surface area (Å²) in [7, 11) is 1.75. The number of hydrogen-bond acceptors (Lipinski definition) is 11. The normalized spacial score (nSPS) is 17.0. The number of aliphatic imine (C=N–C) groups is 1. The van der Waals surface area contributed by atoms with E-state index in [1.54, 1.807) is 24.3 Å². The molecule has 0 radical (unpaired) electrons. The molecular weight excluding hydrogens is 515 g/mol. The predicted octanol–water partition coefficient (Wildman–Crippen LogP) is 3.36. The fourth-order valence-corrected chi connectivity index (χ4v) is 4.69. The lowest BCUT2D eigenvalue weighted by Crippen LogP contribution is -2.50. The van der Waals surface area contributed by atoms with Crippen molar-refractivity contribution in [3.8, 4) is 0 Å². The van der Waals surface area contributed by atoms with Crippen LogP contribution in [0.5, 0.6) is 0 Å². The van der Waals surface area contributed by atoms with Crippen LogP contribution in [0.25, 0.3) is 0 Å². The molecule has 0 atom stereocenters. The summed E-state index contributed by atoms with van der Waals surface area (Å²) in [5, 5.41) is 3.02. The molecule has 2 aromatic heterocycles. The molecule has 0 saturated carbocycles. The van der Waals surface area contributed by atoms with Crippen molar-refractivity contribution in [1.82, 2.24) is 24.8 Å². The van der Waals surface area contributed by atoms with Gasteiger partial charge in [0.2, 0.25) is 5.95 Å². The van der Waals surface area contributed by atoms with Gasteiger partial charge in [-0.3, -0.25) is 4.99 Å². The molecule has 40 heavy (non-hydrogen) atoms. The largest absolute Gasteiger partial charge is 0.444 e. The molecule has 1 amide bonds. The van der Waals surface area contributed by atoms with Crippen LogP contribution < -0.4 is 20.9 Å². The van der Waals surface area contributed by atoms with Crippen LogP contribution >= 0.6 is 0 Å². The SMILES string of the molecule is CN=C(C1=C(N)CCN(c2nc(Nc3cnc(N4CCN(C(=O)OC(C)(C)C)CC4)cn3)ncc2F)C1)C(C)C. The van der Waals surface area contributed by atoms with Gasteiger partial charge in [0, 0.05) is 69.7 Å². The van der Waals surface area contributed by atoms with Crippen LogP contribution in [-0.4, -0.2) is 88.6 Å². The van der Waals surface area contributed by atoms with E-state index in [-0.39, 0.29) is 23.8 Å². The fraction of sp³-hybridized carbons (Fsp3) is 0.556. The molecule has 0 aliphatic carbocycles. The number of ether oxygens (including phenoxy) is 1. The Morgan fingerprint density at radius 3 is 2.40 bits per heavy atom. The van der Waals surface area contributed by atoms with Crippen molar-refractivity contribution in [1.29, 1.82) is 0 Å². The van der Waals surface area contributed by atoms with Crippen molar-refractivity contribution in [2.24, 2.45) is 16.6 Å². The van der Waals surface area contributed by atoms with Crippen molar-refractivity contribution >= 4 is 35.2 Å². The van der Waals surface area contributed by atoms with Gasteiger partial charge in [0.25, 0.3) is 0 Å². The number of nitrogens with two attached hydrogens (primary N) is 1. The number of carbonyl (C=O) groups excluding carboxylic acids is 1. The van der Waals surface area contributed by atoms with E-state index in [4.69, 9.17) is 10.5 Å². The van der Waals surface area contributed by atoms with Crippen LogP contribution in [0.4, 0.5) is 32.6 Å². The van der Waals surface area contributed by atoms with Gasteiger partial charge >= 0.3 is 6.09 Å². The van der Waals surface area contributed by atoms with E-state index in [1.165, 1.54) is 0 Å². The van der Waals surface area contributed by atoms with Crippen molar-refractivity contribution in [2.45, 2.75) is 46.6 Å². The van der Waals surface area contributed by atoms with Gasteiger partial charge < -0.3 is 30.5 Å². The summed E-state index contributed by atoms with van der Waals surface area (Å²) in [6, 6.07) is 0. The molecule has 4 heterocycles. The Morgan fingerprint density at radius 1 is 1.07 bits per heavy atom. The molecule has 3 N–H and O–H groups in total. The highest BCUT2D eigenvalue weighted by atomic mass is 19.1. The highest BCUT2D eigenvalue weighted by Gasteiger charge is 2.27. The van der Waals surface area contributed by atoms with Gasteiger partial charge in [-0.1, -0.05) is 13.8 Å². The van der Waals surface area contributed by atoms with Crippen molar-refractivity contribution in [3.63, 3.8) is 0 Å². The summed E-state index contributed by atoms with van der Waals surface area (Å²) >= 11 is 0. The number of carbonyl (C=O) groups is 1. The monoisotopic (exact) mass is 554 g/mol. The lowest BCUT2D eigenvalue weighted by Gasteiger charge is -2.36. The Labute approximate surface area is 234 Å². The van der Waals surface area contributed by atoms with Crippen molar-refractivity contribution < 1.29 is 13.9 Å². The van der Waals surface area contributed by atoms with Crippen molar-refractivity contribution in [2.75, 3.05) is 61.4 Å². The van der Waals surface area contributed by atoms with E-state index in [1.807, 2.05) is 25.7 Å². The van der Waals surface area contributed by atoms with Crippen molar-refractivity contribution in [3.05, 3.63) is 35.7 Å². The second-order valence-electron chi connectivity index (χ2n) is 11.1. The Balaban J connectivity index is 1.39. The number of amides is 1. The second kappa shape index (κ2) is 12.0. The molecule has 13 heteroatoms. The minimum atomic E-state index is -0.527. The van der Waals surface area contributed by atoms with Gasteiger partial charge in [0.1, 0.15) is 11.4 Å². The first kappa shape index (κ1) is 29.0. The summed E-state index contributed by atoms with van der Waals surface area (Å²) in [5.41, 5.74) is 8.39. The number of halogens is 1. The second-order valence-corrected chi connectivity index (χ2v) is 11.1. The summed E-state index contributed by atoms with van der Waals surface area (Å²) < 4.78 is 20.3. The van der Waals surface area contributed by atoms with Crippen LogP contribution in [0.3, 0.4) is 0 Å². The molecule has 0 unspecified atom stereocenters. The zero-order valence-corrected chi connectivity index (χ0v) is 24.1. The van der Waals surface area contributed by atoms with Crippen LogP contribution in [0.2, 0.25) is 0 Å². The number of nitrogens with zero attached hydrogens (tertiary/aromatic N) is 8. The van der Waals surface area contributed by atoms with Crippen LogP contribution in [0.15, 0.2) is 34.9 Å². The van der Waals surface area contributed by atoms with Gasteiger partial charge in [-0.25, -0.2) is 24.1 Å². The minimum absolute atomic E-state index is 0.189. The van der Waals surface area contributed by atoms with E-state index in [0.717, 1.165) is 23.2 Å². The maximum absolute atomic E-state index is 14.8. The Kier molecular flexibility index (Phi) is 8.70. The van der Waals surface area contributed by atoms with Gasteiger partial charge in [-0.2, -0.15) is 4.98 Å². The maximum atomic E-state index is 14.8. The van der Waals surface area contributed by atoms with Crippen LogP contribution in [-0.2, 0) is 4.74 Å². The fourth-order valence-electron chi connectivity index (χ4n) is 4.69. The highest BCUT2D eigenvalue weighted by Crippen LogP contribution is 2.26. The van der Waals surface area contributed by atoms with Crippen LogP contribution in [0, 0.1) is 11.7 Å².